The second kappa shape index (κ2) is 7.39. The zero-order chi connectivity index (χ0) is 15.1. The van der Waals surface area contributed by atoms with Gasteiger partial charge in [0.15, 0.2) is 0 Å². The molecule has 6 nitrogen and oxygen atoms in total. The van der Waals surface area contributed by atoms with Gasteiger partial charge in [0.25, 0.3) is 0 Å². The minimum atomic E-state index is -1.54. The lowest BCUT2D eigenvalue weighted by Crippen LogP contribution is -2.31. The molecule has 20 heavy (non-hydrogen) atoms. The van der Waals surface area contributed by atoms with Gasteiger partial charge in [-0.2, -0.15) is 0 Å². The number of hydrogen-bond acceptors (Lipinski definition) is 3. The number of urea groups is 1. The monoisotopic (exact) mass is 287 g/mol. The van der Waals surface area contributed by atoms with Crippen LogP contribution in [0.4, 0.5) is 19.3 Å². The van der Waals surface area contributed by atoms with Crippen molar-refractivity contribution < 1.29 is 23.5 Å². The second-order valence-corrected chi connectivity index (χ2v) is 3.96. The van der Waals surface area contributed by atoms with E-state index in [1.165, 1.54) is 0 Å². The Balaban J connectivity index is 2.69. The molecule has 8 heteroatoms. The smallest absolute Gasteiger partial charge is 0.338 e. The van der Waals surface area contributed by atoms with E-state index in [4.69, 9.17) is 5.11 Å². The van der Waals surface area contributed by atoms with Crippen molar-refractivity contribution in [2.24, 2.45) is 0 Å². The van der Waals surface area contributed by atoms with E-state index < -0.39 is 34.9 Å². The Labute approximate surface area is 114 Å². The summed E-state index contributed by atoms with van der Waals surface area (Å²) in [6, 6.07) is 0.461. The standard InChI is InChI=1S/C12H15F2N3O3/c1-15-3-2-4-16-12(20)17-10-5-7(11(18)19)8(13)6-9(10)14/h5-6,15H,2-4H2,1H3,(H,18,19)(H2,16,17,20). The van der Waals surface area contributed by atoms with E-state index in [1.807, 2.05) is 0 Å². The summed E-state index contributed by atoms with van der Waals surface area (Å²) in [5, 5.41) is 16.2. The number of nitrogens with one attached hydrogen (secondary N) is 3. The Morgan fingerprint density at radius 1 is 1.20 bits per heavy atom. The summed E-state index contributed by atoms with van der Waals surface area (Å²) >= 11 is 0. The summed E-state index contributed by atoms with van der Waals surface area (Å²) in [4.78, 5) is 22.2. The van der Waals surface area contributed by atoms with E-state index in [0.29, 0.717) is 25.6 Å². The SMILES string of the molecule is CNCCCNC(=O)Nc1cc(C(=O)O)c(F)cc1F. The van der Waals surface area contributed by atoms with Gasteiger partial charge in [-0.1, -0.05) is 0 Å². The molecule has 0 saturated carbocycles. The average molecular weight is 287 g/mol. The molecule has 0 saturated heterocycles. The molecule has 4 N–H and O–H groups in total. The number of carboxylic acid groups (broad SMARTS) is 1. The molecular formula is C12H15F2N3O3. The average Bonchev–Trinajstić information content (AvgIpc) is 2.37. The van der Waals surface area contributed by atoms with Gasteiger partial charge in [0, 0.05) is 12.6 Å². The molecule has 0 fully saturated rings. The van der Waals surface area contributed by atoms with E-state index in [2.05, 4.69) is 16.0 Å². The molecule has 110 valence electrons. The molecule has 0 spiro atoms. The molecule has 0 bridgehead atoms. The van der Waals surface area contributed by atoms with Crippen LogP contribution in [-0.2, 0) is 0 Å². The zero-order valence-electron chi connectivity index (χ0n) is 10.8. The largest absolute Gasteiger partial charge is 0.478 e. The normalized spacial score (nSPS) is 10.2. The molecule has 0 aromatic heterocycles. The number of hydrogen-bond donors (Lipinski definition) is 4. The van der Waals surface area contributed by atoms with Crippen LogP contribution in [0.25, 0.3) is 0 Å². The third kappa shape index (κ3) is 4.47. The molecular weight excluding hydrogens is 272 g/mol. The van der Waals surface area contributed by atoms with Crippen LogP contribution in [0.3, 0.4) is 0 Å². The van der Waals surface area contributed by atoms with Gasteiger partial charge in [0.2, 0.25) is 0 Å². The van der Waals surface area contributed by atoms with Crippen LogP contribution < -0.4 is 16.0 Å². The topological polar surface area (TPSA) is 90.5 Å². The van der Waals surface area contributed by atoms with Gasteiger partial charge < -0.3 is 21.1 Å². The molecule has 0 heterocycles. The Kier molecular flexibility index (Phi) is 5.85. The number of benzene rings is 1. The first kappa shape index (κ1) is 15.8. The van der Waals surface area contributed by atoms with Crippen molar-refractivity contribution in [3.63, 3.8) is 0 Å². The van der Waals surface area contributed by atoms with E-state index in [0.717, 1.165) is 6.07 Å². The fourth-order valence-corrected chi connectivity index (χ4v) is 1.44. The molecule has 0 aliphatic carbocycles. The van der Waals surface area contributed by atoms with Crippen LogP contribution in [-0.4, -0.2) is 37.2 Å². The number of halogens is 2. The fourth-order valence-electron chi connectivity index (χ4n) is 1.44. The van der Waals surface area contributed by atoms with Crippen molar-refractivity contribution in [2.45, 2.75) is 6.42 Å². The third-order valence-corrected chi connectivity index (χ3v) is 2.42. The lowest BCUT2D eigenvalue weighted by atomic mass is 10.2. The summed E-state index contributed by atoms with van der Waals surface area (Å²) in [6.07, 6.45) is 0.677. The lowest BCUT2D eigenvalue weighted by molar-refractivity contribution is 0.0692. The summed E-state index contributed by atoms with van der Waals surface area (Å²) in [7, 11) is 1.77. The highest BCUT2D eigenvalue weighted by Crippen LogP contribution is 2.19. The van der Waals surface area contributed by atoms with E-state index >= 15 is 0 Å². The van der Waals surface area contributed by atoms with Gasteiger partial charge in [-0.25, -0.2) is 18.4 Å². The quantitative estimate of drug-likeness (QED) is 0.595. The highest BCUT2D eigenvalue weighted by Gasteiger charge is 2.16. The lowest BCUT2D eigenvalue weighted by Gasteiger charge is -2.09. The molecule has 1 rings (SSSR count). The van der Waals surface area contributed by atoms with E-state index in [-0.39, 0.29) is 0 Å². The Morgan fingerprint density at radius 3 is 2.50 bits per heavy atom. The first-order valence-corrected chi connectivity index (χ1v) is 5.87. The molecule has 0 radical (unpaired) electrons. The van der Waals surface area contributed by atoms with Crippen LogP contribution in [0.2, 0.25) is 0 Å². The molecule has 0 aliphatic heterocycles. The van der Waals surface area contributed by atoms with Crippen LogP contribution in [0.15, 0.2) is 12.1 Å². The number of anilines is 1. The maximum absolute atomic E-state index is 13.4. The maximum atomic E-state index is 13.4. The zero-order valence-corrected chi connectivity index (χ0v) is 10.8. The first-order chi connectivity index (χ1) is 9.45. The van der Waals surface area contributed by atoms with Crippen molar-refractivity contribution >= 4 is 17.7 Å². The summed E-state index contributed by atoms with van der Waals surface area (Å²) in [5.41, 5.74) is -1.10. The number of aromatic carboxylic acids is 1. The van der Waals surface area contributed by atoms with Gasteiger partial charge >= 0.3 is 12.0 Å². The predicted octanol–water partition coefficient (Wildman–Crippen LogP) is 1.39. The molecule has 1 aromatic rings. The number of carbonyl (C=O) groups is 2. The van der Waals surface area contributed by atoms with Crippen LogP contribution in [0.1, 0.15) is 16.8 Å². The minimum Gasteiger partial charge on any atom is -0.478 e. The van der Waals surface area contributed by atoms with Gasteiger partial charge in [-0.3, -0.25) is 0 Å². The molecule has 2 amide bonds. The van der Waals surface area contributed by atoms with Crippen LogP contribution in [0.5, 0.6) is 0 Å². The van der Waals surface area contributed by atoms with Gasteiger partial charge in [-0.05, 0) is 26.1 Å². The fraction of sp³-hybridized carbons (Fsp3) is 0.333. The Morgan fingerprint density at radius 2 is 1.90 bits per heavy atom. The van der Waals surface area contributed by atoms with Gasteiger partial charge in [0.1, 0.15) is 11.6 Å². The maximum Gasteiger partial charge on any atom is 0.338 e. The second-order valence-electron chi connectivity index (χ2n) is 3.96. The van der Waals surface area contributed by atoms with Crippen LogP contribution in [0, 0.1) is 11.6 Å². The summed E-state index contributed by atoms with van der Waals surface area (Å²) < 4.78 is 26.6. The number of rotatable bonds is 6. The number of carboxylic acids is 1. The van der Waals surface area contributed by atoms with Crippen molar-refractivity contribution in [3.8, 4) is 0 Å². The van der Waals surface area contributed by atoms with Crippen molar-refractivity contribution in [1.82, 2.24) is 10.6 Å². The molecule has 1 aromatic carbocycles. The molecule has 0 atom stereocenters. The number of carbonyl (C=O) groups excluding carboxylic acids is 1. The van der Waals surface area contributed by atoms with Crippen molar-refractivity contribution in [2.75, 3.05) is 25.5 Å². The van der Waals surface area contributed by atoms with Crippen LogP contribution >= 0.6 is 0 Å². The highest BCUT2D eigenvalue weighted by atomic mass is 19.1. The van der Waals surface area contributed by atoms with E-state index in [9.17, 15) is 18.4 Å². The Hall–Kier alpha value is -2.22. The minimum absolute atomic E-state index is 0.362. The third-order valence-electron chi connectivity index (χ3n) is 2.42. The highest BCUT2D eigenvalue weighted by molar-refractivity contribution is 5.93. The van der Waals surface area contributed by atoms with Gasteiger partial charge in [0.05, 0.1) is 11.3 Å². The van der Waals surface area contributed by atoms with Crippen molar-refractivity contribution in [3.05, 3.63) is 29.3 Å². The van der Waals surface area contributed by atoms with Gasteiger partial charge in [-0.15, -0.1) is 0 Å². The molecule has 0 aliphatic rings. The first-order valence-electron chi connectivity index (χ1n) is 5.87. The van der Waals surface area contributed by atoms with Crippen molar-refractivity contribution in [1.29, 1.82) is 0 Å². The molecule has 0 unspecified atom stereocenters. The predicted molar refractivity (Wildman–Crippen MR) is 68.9 cm³/mol. The van der Waals surface area contributed by atoms with E-state index in [1.54, 1.807) is 7.05 Å². The summed E-state index contributed by atoms with van der Waals surface area (Å²) in [6.45, 7) is 1.07. The summed E-state index contributed by atoms with van der Waals surface area (Å²) in [5.74, 6) is -3.78. The number of amides is 2. The Bertz CT molecular complexity index is 509.